The summed E-state index contributed by atoms with van der Waals surface area (Å²) in [6.07, 6.45) is 0. The molecule has 9 heteroatoms. The molecule has 0 radical (unpaired) electrons. The van der Waals surface area contributed by atoms with Gasteiger partial charge in [0.05, 0.1) is 17.9 Å². The van der Waals surface area contributed by atoms with Crippen molar-refractivity contribution in [3.63, 3.8) is 0 Å². The molecule has 0 aromatic heterocycles. The predicted octanol–water partition coefficient (Wildman–Crippen LogP) is -11.1. The van der Waals surface area contributed by atoms with Crippen molar-refractivity contribution < 1.29 is 118 Å². The third-order valence-electron chi connectivity index (χ3n) is 2.71. The van der Waals surface area contributed by atoms with Crippen molar-refractivity contribution in [3.05, 3.63) is 47.0 Å². The Labute approximate surface area is 191 Å². The molecule has 0 saturated heterocycles. The van der Waals surface area contributed by atoms with Gasteiger partial charge >= 0.3 is 88.7 Å². The number of benzene rings is 2. The zero-order valence-electron chi connectivity index (χ0n) is 12.3. The van der Waals surface area contributed by atoms with Crippen LogP contribution in [0.15, 0.2) is 30.3 Å². The molecule has 2 aromatic carbocycles. The largest absolute Gasteiger partial charge is 1.00 e. The molecule has 2 aromatic rings. The zero-order chi connectivity index (χ0) is 14.2. The molecule has 0 fully saturated rings. The zero-order valence-corrected chi connectivity index (χ0v) is 18.3. The first-order chi connectivity index (χ1) is 8.93. The molecule has 22 heavy (non-hydrogen) atoms. The fourth-order valence-corrected chi connectivity index (χ4v) is 1.93. The van der Waals surface area contributed by atoms with Crippen LogP contribution in [0.2, 0.25) is 0 Å². The number of aromatic carboxylic acids is 3. The maximum atomic E-state index is 11.1. The Kier molecular flexibility index (Phi) is 11.2. The van der Waals surface area contributed by atoms with Crippen LogP contribution in [0.3, 0.4) is 0 Å². The number of carbonyl (C=O) groups is 3. The van der Waals surface area contributed by atoms with E-state index >= 15 is 0 Å². The second-order valence-corrected chi connectivity index (χ2v) is 3.75. The molecule has 0 heterocycles. The number of carboxylic acids is 3. The van der Waals surface area contributed by atoms with Crippen molar-refractivity contribution >= 4 is 28.7 Å². The van der Waals surface area contributed by atoms with Crippen molar-refractivity contribution in [3.8, 4) is 0 Å². The van der Waals surface area contributed by atoms with E-state index in [2.05, 4.69) is 0 Å². The normalized spacial score (nSPS) is 8.91. The van der Waals surface area contributed by atoms with E-state index in [0.29, 0.717) is 0 Å². The summed E-state index contributed by atoms with van der Waals surface area (Å²) in [5.41, 5.74) is -1.41. The fraction of sp³-hybridized carbons (Fsp3) is 0. The predicted molar refractivity (Wildman–Crippen MR) is 56.9 cm³/mol. The molecule has 2 rings (SSSR count). The van der Waals surface area contributed by atoms with Crippen LogP contribution in [-0.2, 0) is 0 Å². The summed E-state index contributed by atoms with van der Waals surface area (Å²) < 4.78 is 0. The average molecular weight is 326 g/mol. The molecule has 0 N–H and O–H groups in total. The first kappa shape index (κ1) is 24.4. The van der Waals surface area contributed by atoms with Crippen LogP contribution >= 0.6 is 0 Å². The third-order valence-corrected chi connectivity index (χ3v) is 2.71. The number of hydrogen-bond acceptors (Lipinski definition) is 6. The van der Waals surface area contributed by atoms with Crippen molar-refractivity contribution in [1.82, 2.24) is 0 Å². The number of carbonyl (C=O) groups excluding carboxylic acids is 3. The Bertz CT molecular complexity index is 729. The number of hydrogen-bond donors (Lipinski definition) is 0. The van der Waals surface area contributed by atoms with Crippen molar-refractivity contribution in [2.75, 3.05) is 0 Å². The van der Waals surface area contributed by atoms with Gasteiger partial charge in [0.1, 0.15) is 0 Å². The van der Waals surface area contributed by atoms with Gasteiger partial charge in [-0.25, -0.2) is 0 Å². The Balaban J connectivity index is 0. The van der Waals surface area contributed by atoms with E-state index < -0.39 is 29.0 Å². The van der Waals surface area contributed by atoms with Crippen molar-refractivity contribution in [2.45, 2.75) is 0 Å². The SMILES string of the molecule is O=C([O-])c1ccc2c(C(=O)[O-])cccc2c1C(=O)[O-].[Na+].[Na+].[Na+]. The van der Waals surface area contributed by atoms with E-state index in [1.807, 2.05) is 0 Å². The summed E-state index contributed by atoms with van der Waals surface area (Å²) in [5.74, 6) is -4.89. The second kappa shape index (κ2) is 10.1. The van der Waals surface area contributed by atoms with Gasteiger partial charge in [-0.05, 0) is 10.8 Å². The summed E-state index contributed by atoms with van der Waals surface area (Å²) in [5, 5.41) is 32.8. The molecular formula is C13H5Na3O6. The molecule has 0 saturated carbocycles. The molecule has 0 aliphatic rings. The van der Waals surface area contributed by atoms with Crippen LogP contribution in [0.4, 0.5) is 0 Å². The summed E-state index contributed by atoms with van der Waals surface area (Å²) in [6, 6.07) is 5.97. The first-order valence-corrected chi connectivity index (χ1v) is 5.13. The van der Waals surface area contributed by atoms with Crippen LogP contribution in [-0.4, -0.2) is 17.9 Å². The molecular weight excluding hydrogens is 321 g/mol. The standard InChI is InChI=1S/C13H8O6.3Na/c14-11(15)8-3-1-2-7-6(8)4-5-9(12(16)17)10(7)13(18)19;;;/h1-5H,(H,14,15)(H,16,17)(H,18,19);;;/q;3*+1/p-3. The summed E-state index contributed by atoms with van der Waals surface area (Å²) in [6.45, 7) is 0. The topological polar surface area (TPSA) is 120 Å². The van der Waals surface area contributed by atoms with Crippen LogP contribution in [0, 0.1) is 0 Å². The van der Waals surface area contributed by atoms with Crippen LogP contribution in [0.25, 0.3) is 10.8 Å². The van der Waals surface area contributed by atoms with Gasteiger partial charge < -0.3 is 29.7 Å². The quantitative estimate of drug-likeness (QED) is 0.517. The summed E-state index contributed by atoms with van der Waals surface area (Å²) in [4.78, 5) is 32.8. The van der Waals surface area contributed by atoms with Gasteiger partial charge in [-0.15, -0.1) is 0 Å². The number of carboxylic acid groups (broad SMARTS) is 3. The molecule has 0 aliphatic carbocycles. The van der Waals surface area contributed by atoms with Crippen molar-refractivity contribution in [2.24, 2.45) is 0 Å². The van der Waals surface area contributed by atoms with E-state index in [1.54, 1.807) is 0 Å². The van der Waals surface area contributed by atoms with Gasteiger partial charge in [0.15, 0.2) is 0 Å². The first-order valence-electron chi connectivity index (χ1n) is 5.13. The minimum atomic E-state index is -1.72. The minimum Gasteiger partial charge on any atom is -0.545 e. The Morgan fingerprint density at radius 2 is 1.18 bits per heavy atom. The van der Waals surface area contributed by atoms with Gasteiger partial charge in [-0.1, -0.05) is 30.3 Å². The van der Waals surface area contributed by atoms with Crippen LogP contribution in [0.5, 0.6) is 0 Å². The average Bonchev–Trinajstić information content (AvgIpc) is 2.35. The van der Waals surface area contributed by atoms with Crippen molar-refractivity contribution in [1.29, 1.82) is 0 Å². The maximum absolute atomic E-state index is 11.1. The van der Waals surface area contributed by atoms with Crippen LogP contribution < -0.4 is 104 Å². The molecule has 0 atom stereocenters. The monoisotopic (exact) mass is 326 g/mol. The number of rotatable bonds is 3. The second-order valence-electron chi connectivity index (χ2n) is 3.75. The molecule has 0 amide bonds. The molecule has 0 spiro atoms. The Morgan fingerprint density at radius 3 is 1.64 bits per heavy atom. The van der Waals surface area contributed by atoms with Crippen LogP contribution in [0.1, 0.15) is 31.1 Å². The van der Waals surface area contributed by atoms with Gasteiger partial charge in [0, 0.05) is 16.7 Å². The van der Waals surface area contributed by atoms with E-state index in [1.165, 1.54) is 24.3 Å². The third kappa shape index (κ3) is 4.80. The van der Waals surface area contributed by atoms with E-state index in [9.17, 15) is 29.7 Å². The minimum absolute atomic E-state index is 0. The van der Waals surface area contributed by atoms with E-state index in [0.717, 1.165) is 6.07 Å². The molecule has 0 aliphatic heterocycles. The Morgan fingerprint density at radius 1 is 0.636 bits per heavy atom. The van der Waals surface area contributed by atoms with E-state index in [-0.39, 0.29) is 105 Å². The van der Waals surface area contributed by atoms with Gasteiger partial charge in [-0.3, -0.25) is 0 Å². The fourth-order valence-electron chi connectivity index (χ4n) is 1.93. The molecule has 0 unspecified atom stereocenters. The summed E-state index contributed by atoms with van der Waals surface area (Å²) in [7, 11) is 0. The van der Waals surface area contributed by atoms with Gasteiger partial charge in [-0.2, -0.15) is 0 Å². The van der Waals surface area contributed by atoms with Gasteiger partial charge in [0.25, 0.3) is 0 Å². The molecule has 6 nitrogen and oxygen atoms in total. The maximum Gasteiger partial charge on any atom is 1.00 e. The Hall–Kier alpha value is 0.110. The summed E-state index contributed by atoms with van der Waals surface area (Å²) >= 11 is 0. The van der Waals surface area contributed by atoms with E-state index in [4.69, 9.17) is 0 Å². The smallest absolute Gasteiger partial charge is 0.545 e. The van der Waals surface area contributed by atoms with Gasteiger partial charge in [0.2, 0.25) is 0 Å². The molecule has 0 bridgehead atoms. The number of fused-ring (bicyclic) bond motifs is 1. The molecule has 96 valence electrons.